The molecule has 77 heavy (non-hydrogen) atoms. The Balaban J connectivity index is 5.20. The second-order valence-corrected chi connectivity index (χ2v) is 23.3. The summed E-state index contributed by atoms with van der Waals surface area (Å²) in [6.45, 7) is 4.67. The Morgan fingerprint density at radius 2 is 0.623 bits per heavy atom. The molecule has 3 N–H and O–H groups in total. The highest BCUT2D eigenvalue weighted by molar-refractivity contribution is 7.47. The van der Waals surface area contributed by atoms with E-state index in [0.717, 1.165) is 135 Å². The van der Waals surface area contributed by atoms with Crippen LogP contribution >= 0.6 is 15.6 Å². The van der Waals surface area contributed by atoms with Gasteiger partial charge in [0.2, 0.25) is 0 Å². The highest BCUT2D eigenvalue weighted by Gasteiger charge is 2.30. The van der Waals surface area contributed by atoms with E-state index in [9.17, 15) is 43.2 Å². The van der Waals surface area contributed by atoms with Crippen LogP contribution in [0.5, 0.6) is 0 Å². The second kappa shape index (κ2) is 52.9. The summed E-state index contributed by atoms with van der Waals surface area (Å²) in [6, 6.07) is 0. The minimum absolute atomic E-state index is 0.0848. The summed E-state index contributed by atoms with van der Waals surface area (Å²) < 4.78 is 67.4. The fraction of sp³-hybridized carbons (Fsp3) is 0.862. The maximum Gasteiger partial charge on any atom is 0.472 e. The van der Waals surface area contributed by atoms with Gasteiger partial charge >= 0.3 is 39.5 Å². The molecule has 0 bridgehead atoms. The first-order valence-electron chi connectivity index (χ1n) is 30.1. The predicted octanol–water partition coefficient (Wildman–Crippen LogP) is 15.2. The Kier molecular flexibility index (Phi) is 51.2. The number of esters is 4. The molecule has 0 spiro atoms. The van der Waals surface area contributed by atoms with Crippen LogP contribution < -0.4 is 0 Å². The van der Waals surface area contributed by atoms with Gasteiger partial charge in [0.1, 0.15) is 19.3 Å². The number of aliphatic hydroxyl groups is 1. The monoisotopic (exact) mass is 1140 g/mol. The molecule has 0 aliphatic heterocycles. The molecule has 0 aromatic carbocycles. The SMILES string of the molecule is CCCCCC/C=C\C=C/CCCCCCCC(=O)O[C@H](COC(=O)CCCCCCCCCC)COP(=O)(O)OC[C@@H](O)COP(=O)(O)OC[C@@H](COC(=O)CCCCCCCCC)OC(=O)CCCCCCCCC. The average molecular weight is 1140 g/mol. The fourth-order valence-electron chi connectivity index (χ4n) is 8.03. The van der Waals surface area contributed by atoms with Crippen LogP contribution in [-0.2, 0) is 65.4 Å². The molecule has 0 heterocycles. The number of phosphoric ester groups is 2. The van der Waals surface area contributed by atoms with Crippen molar-refractivity contribution in [3.05, 3.63) is 24.3 Å². The van der Waals surface area contributed by atoms with Crippen molar-refractivity contribution in [1.82, 2.24) is 0 Å². The first kappa shape index (κ1) is 74.5. The second-order valence-electron chi connectivity index (χ2n) is 20.3. The number of carbonyl (C=O) groups excluding carboxylic acids is 4. The molecule has 0 aromatic heterocycles. The number of unbranched alkanes of at least 4 members (excludes halogenated alkanes) is 28. The number of hydrogen-bond acceptors (Lipinski definition) is 15. The minimum Gasteiger partial charge on any atom is -0.462 e. The molecule has 0 aliphatic rings. The van der Waals surface area contributed by atoms with Gasteiger partial charge in [-0.15, -0.1) is 0 Å². The molecule has 0 amide bonds. The van der Waals surface area contributed by atoms with E-state index >= 15 is 0 Å². The lowest BCUT2D eigenvalue weighted by Gasteiger charge is -2.21. The number of aliphatic hydroxyl groups excluding tert-OH is 1. The highest BCUT2D eigenvalue weighted by Crippen LogP contribution is 2.45. The normalized spacial score (nSPS) is 14.5. The van der Waals surface area contributed by atoms with E-state index in [4.69, 9.17) is 37.0 Å². The van der Waals surface area contributed by atoms with E-state index < -0.39 is 97.5 Å². The third-order valence-corrected chi connectivity index (χ3v) is 14.6. The number of hydrogen-bond donors (Lipinski definition) is 3. The molecule has 0 saturated heterocycles. The molecule has 17 nitrogen and oxygen atoms in total. The maximum absolute atomic E-state index is 12.9. The Morgan fingerprint density at radius 1 is 0.364 bits per heavy atom. The molecule has 0 radical (unpaired) electrons. The Bertz CT molecular complexity index is 1590. The van der Waals surface area contributed by atoms with Crippen molar-refractivity contribution >= 4 is 39.5 Å². The van der Waals surface area contributed by atoms with Gasteiger partial charge in [-0.05, 0) is 51.4 Å². The zero-order chi connectivity index (χ0) is 56.9. The molecule has 0 rings (SSSR count). The van der Waals surface area contributed by atoms with Gasteiger partial charge in [0, 0.05) is 25.7 Å². The van der Waals surface area contributed by atoms with Crippen LogP contribution in [-0.4, -0.2) is 96.7 Å². The van der Waals surface area contributed by atoms with Crippen molar-refractivity contribution in [3.63, 3.8) is 0 Å². The lowest BCUT2D eigenvalue weighted by molar-refractivity contribution is -0.161. The molecule has 452 valence electrons. The van der Waals surface area contributed by atoms with Gasteiger partial charge < -0.3 is 33.8 Å². The van der Waals surface area contributed by atoms with Crippen LogP contribution in [0.1, 0.15) is 265 Å². The quantitative estimate of drug-likeness (QED) is 0.0169. The fourth-order valence-corrected chi connectivity index (χ4v) is 9.61. The van der Waals surface area contributed by atoms with Crippen molar-refractivity contribution in [2.24, 2.45) is 0 Å². The van der Waals surface area contributed by atoms with Crippen LogP contribution in [0.2, 0.25) is 0 Å². The maximum atomic E-state index is 12.9. The molecule has 19 heteroatoms. The Labute approximate surface area is 465 Å². The number of phosphoric acid groups is 2. The van der Waals surface area contributed by atoms with E-state index in [1.165, 1.54) is 51.4 Å². The van der Waals surface area contributed by atoms with Crippen LogP contribution in [0.4, 0.5) is 0 Å². The van der Waals surface area contributed by atoms with Crippen molar-refractivity contribution in [2.45, 2.75) is 284 Å². The molecule has 0 fully saturated rings. The van der Waals surface area contributed by atoms with Gasteiger partial charge in [0.15, 0.2) is 12.2 Å². The minimum atomic E-state index is -4.94. The van der Waals surface area contributed by atoms with Gasteiger partial charge in [-0.1, -0.05) is 213 Å². The summed E-state index contributed by atoms with van der Waals surface area (Å²) in [5.41, 5.74) is 0. The number of ether oxygens (including phenoxy) is 4. The summed E-state index contributed by atoms with van der Waals surface area (Å²) >= 11 is 0. The molecular formula is C58H108O17P2. The molecular weight excluding hydrogens is 1030 g/mol. The Hall–Kier alpha value is -2.46. The predicted molar refractivity (Wildman–Crippen MR) is 303 cm³/mol. The highest BCUT2D eigenvalue weighted by atomic mass is 31.2. The van der Waals surface area contributed by atoms with Crippen LogP contribution in [0.15, 0.2) is 24.3 Å². The van der Waals surface area contributed by atoms with Gasteiger partial charge in [-0.25, -0.2) is 9.13 Å². The van der Waals surface area contributed by atoms with E-state index in [-0.39, 0.29) is 25.7 Å². The van der Waals surface area contributed by atoms with Gasteiger partial charge in [0.25, 0.3) is 0 Å². The smallest absolute Gasteiger partial charge is 0.462 e. The van der Waals surface area contributed by atoms with Crippen molar-refractivity contribution in [1.29, 1.82) is 0 Å². The third-order valence-electron chi connectivity index (χ3n) is 12.7. The topological polar surface area (TPSA) is 237 Å². The van der Waals surface area contributed by atoms with E-state index in [1.807, 2.05) is 0 Å². The van der Waals surface area contributed by atoms with Crippen LogP contribution in [0.25, 0.3) is 0 Å². The summed E-state index contributed by atoms with van der Waals surface area (Å²) in [4.78, 5) is 71.6. The van der Waals surface area contributed by atoms with Crippen LogP contribution in [0, 0.1) is 0 Å². The average Bonchev–Trinajstić information content (AvgIpc) is 3.40. The van der Waals surface area contributed by atoms with Crippen LogP contribution in [0.3, 0.4) is 0 Å². The van der Waals surface area contributed by atoms with E-state index in [0.29, 0.717) is 25.7 Å². The first-order chi connectivity index (χ1) is 37.2. The van der Waals surface area contributed by atoms with Crippen molar-refractivity contribution in [2.75, 3.05) is 39.6 Å². The first-order valence-corrected chi connectivity index (χ1v) is 33.1. The number of rotatable bonds is 57. The number of allylic oxidation sites excluding steroid dienone is 4. The molecule has 0 saturated carbocycles. The van der Waals surface area contributed by atoms with Gasteiger partial charge in [-0.2, -0.15) is 0 Å². The van der Waals surface area contributed by atoms with Crippen molar-refractivity contribution < 1.29 is 80.2 Å². The summed E-state index contributed by atoms with van der Waals surface area (Å²) in [6.07, 6.45) is 38.7. The van der Waals surface area contributed by atoms with Gasteiger partial charge in [-0.3, -0.25) is 37.3 Å². The molecule has 2 unspecified atom stereocenters. The molecule has 0 aliphatic carbocycles. The lowest BCUT2D eigenvalue weighted by atomic mass is 10.1. The third kappa shape index (κ3) is 52.7. The van der Waals surface area contributed by atoms with E-state index in [2.05, 4.69) is 52.0 Å². The Morgan fingerprint density at radius 3 is 0.948 bits per heavy atom. The van der Waals surface area contributed by atoms with Crippen molar-refractivity contribution in [3.8, 4) is 0 Å². The zero-order valence-corrected chi connectivity index (χ0v) is 50.2. The largest absolute Gasteiger partial charge is 0.472 e. The zero-order valence-electron chi connectivity index (χ0n) is 48.4. The standard InChI is InChI=1S/C58H108O17P2/c1-5-9-13-17-21-23-24-25-26-27-28-29-33-37-41-45-58(63)75-54(49-69-56(61)43-39-35-32-22-18-14-10-6-2)51-73-77(66,67)71-47-52(59)46-70-76(64,65)72-50-53(74-57(62)44-40-36-31-20-16-12-8-4)48-68-55(60)42-38-34-30-19-15-11-7-3/h23-26,52-54,59H,5-22,27-51H2,1-4H3,(H,64,65)(H,66,67)/b24-23-,26-25-/t52-,53+,54+/m0/s1. The van der Waals surface area contributed by atoms with Gasteiger partial charge in [0.05, 0.1) is 26.4 Å². The lowest BCUT2D eigenvalue weighted by Crippen LogP contribution is -2.30. The summed E-state index contributed by atoms with van der Waals surface area (Å²) in [5, 5.41) is 10.5. The summed E-state index contributed by atoms with van der Waals surface area (Å²) in [5.74, 6) is -2.18. The molecule has 5 atom stereocenters. The number of carbonyl (C=O) groups is 4. The van der Waals surface area contributed by atoms with E-state index in [1.54, 1.807) is 0 Å². The molecule has 0 aromatic rings. The summed E-state index contributed by atoms with van der Waals surface area (Å²) in [7, 11) is -9.87.